The number of aromatic nitrogens is 4. The zero-order valence-corrected chi connectivity index (χ0v) is 16.6. The molecule has 0 unspecified atom stereocenters. The van der Waals surface area contributed by atoms with Gasteiger partial charge < -0.3 is 10.1 Å². The normalized spacial score (nSPS) is 13.9. The number of fused-ring (bicyclic) bond motifs is 1. The van der Waals surface area contributed by atoms with Crippen LogP contribution in [0.25, 0.3) is 10.9 Å². The van der Waals surface area contributed by atoms with Gasteiger partial charge in [0.25, 0.3) is 0 Å². The standard InChI is InChI=1S/C20H22ClN5O2/c1-12(2)19(27)24-18-15-10-26(25-17(15)5-6-22-18)9-14-7-16(21)20(23-8-14)28-11-13-3-4-13/h5-8,10,12-13H,3-4,9,11H2,1-2H3,(H,22,24,27). The van der Waals surface area contributed by atoms with Crippen molar-refractivity contribution in [1.82, 2.24) is 19.7 Å². The lowest BCUT2D eigenvalue weighted by Crippen LogP contribution is -2.18. The molecule has 0 atom stereocenters. The highest BCUT2D eigenvalue weighted by Crippen LogP contribution is 2.31. The first kappa shape index (κ1) is 18.7. The van der Waals surface area contributed by atoms with E-state index >= 15 is 0 Å². The fraction of sp³-hybridized carbons (Fsp3) is 0.400. The van der Waals surface area contributed by atoms with E-state index in [4.69, 9.17) is 16.3 Å². The molecule has 4 rings (SSSR count). The largest absolute Gasteiger partial charge is 0.476 e. The summed E-state index contributed by atoms with van der Waals surface area (Å²) >= 11 is 6.32. The summed E-state index contributed by atoms with van der Waals surface area (Å²) in [6.45, 7) is 4.86. The van der Waals surface area contributed by atoms with E-state index in [1.165, 1.54) is 12.8 Å². The van der Waals surface area contributed by atoms with Crippen molar-refractivity contribution in [2.45, 2.75) is 33.2 Å². The number of nitrogens with zero attached hydrogens (tertiary/aromatic N) is 4. The van der Waals surface area contributed by atoms with Crippen LogP contribution in [0.3, 0.4) is 0 Å². The number of amides is 1. The van der Waals surface area contributed by atoms with Crippen LogP contribution in [0.5, 0.6) is 5.88 Å². The zero-order chi connectivity index (χ0) is 19.7. The molecule has 1 amide bonds. The van der Waals surface area contributed by atoms with Crippen LogP contribution in [0.1, 0.15) is 32.3 Å². The van der Waals surface area contributed by atoms with Gasteiger partial charge >= 0.3 is 0 Å². The summed E-state index contributed by atoms with van der Waals surface area (Å²) < 4.78 is 7.46. The molecule has 0 radical (unpaired) electrons. The van der Waals surface area contributed by atoms with Crippen molar-refractivity contribution in [1.29, 1.82) is 0 Å². The number of rotatable bonds is 7. The molecule has 1 saturated carbocycles. The number of carbonyl (C=O) groups is 1. The first-order valence-corrected chi connectivity index (χ1v) is 9.77. The van der Waals surface area contributed by atoms with Gasteiger partial charge in [0.15, 0.2) is 0 Å². The Bertz CT molecular complexity index is 1010. The average Bonchev–Trinajstić information content (AvgIpc) is 3.39. The summed E-state index contributed by atoms with van der Waals surface area (Å²) in [5.74, 6) is 1.44. The van der Waals surface area contributed by atoms with Gasteiger partial charge in [-0.15, -0.1) is 0 Å². The summed E-state index contributed by atoms with van der Waals surface area (Å²) in [7, 11) is 0. The number of nitrogens with one attached hydrogen (secondary N) is 1. The summed E-state index contributed by atoms with van der Waals surface area (Å²) in [5.41, 5.74) is 1.68. The lowest BCUT2D eigenvalue weighted by atomic mass is 10.2. The van der Waals surface area contributed by atoms with Gasteiger partial charge in [0.05, 0.1) is 24.1 Å². The molecule has 28 heavy (non-hydrogen) atoms. The van der Waals surface area contributed by atoms with Gasteiger partial charge in [0.2, 0.25) is 11.8 Å². The molecule has 0 spiro atoms. The molecule has 1 aliphatic carbocycles. The second-order valence-corrected chi connectivity index (χ2v) is 7.86. The highest BCUT2D eigenvalue weighted by atomic mass is 35.5. The summed E-state index contributed by atoms with van der Waals surface area (Å²) in [4.78, 5) is 20.6. The fourth-order valence-electron chi connectivity index (χ4n) is 2.76. The molecule has 0 aromatic carbocycles. The quantitative estimate of drug-likeness (QED) is 0.651. The van der Waals surface area contributed by atoms with Crippen molar-refractivity contribution in [2.75, 3.05) is 11.9 Å². The maximum absolute atomic E-state index is 12.0. The molecule has 3 aromatic rings. The fourth-order valence-corrected chi connectivity index (χ4v) is 3.00. The van der Waals surface area contributed by atoms with Crippen molar-refractivity contribution in [3.63, 3.8) is 0 Å². The van der Waals surface area contributed by atoms with Crippen LogP contribution in [0.4, 0.5) is 5.82 Å². The number of carbonyl (C=O) groups excluding carboxylic acids is 1. The second-order valence-electron chi connectivity index (χ2n) is 7.45. The van der Waals surface area contributed by atoms with E-state index in [9.17, 15) is 4.79 Å². The zero-order valence-electron chi connectivity index (χ0n) is 15.9. The summed E-state index contributed by atoms with van der Waals surface area (Å²) in [6.07, 6.45) is 7.69. The van der Waals surface area contributed by atoms with E-state index in [0.29, 0.717) is 35.8 Å². The summed E-state index contributed by atoms with van der Waals surface area (Å²) in [6, 6.07) is 3.67. The smallest absolute Gasteiger partial charge is 0.232 e. The van der Waals surface area contributed by atoms with Crippen LogP contribution < -0.4 is 10.1 Å². The molecule has 0 aliphatic heterocycles. The number of ether oxygens (including phenoxy) is 1. The topological polar surface area (TPSA) is 81.9 Å². The molecule has 8 heteroatoms. The van der Waals surface area contributed by atoms with E-state index in [1.54, 1.807) is 17.1 Å². The lowest BCUT2D eigenvalue weighted by Gasteiger charge is -2.08. The number of hydrogen-bond acceptors (Lipinski definition) is 5. The number of halogens is 1. The Morgan fingerprint density at radius 2 is 2.21 bits per heavy atom. The van der Waals surface area contributed by atoms with Gasteiger partial charge in [-0.3, -0.25) is 9.48 Å². The maximum atomic E-state index is 12.0. The minimum atomic E-state index is -0.124. The van der Waals surface area contributed by atoms with Crippen LogP contribution in [-0.2, 0) is 11.3 Å². The SMILES string of the molecule is CC(C)C(=O)Nc1nccc2nn(Cc3cnc(OCC4CC4)c(Cl)c3)cc12. The molecular formula is C20H22ClN5O2. The minimum absolute atomic E-state index is 0.0782. The van der Waals surface area contributed by atoms with Gasteiger partial charge in [-0.2, -0.15) is 5.10 Å². The van der Waals surface area contributed by atoms with Gasteiger partial charge in [-0.1, -0.05) is 25.4 Å². The van der Waals surface area contributed by atoms with Crippen molar-refractivity contribution in [2.24, 2.45) is 11.8 Å². The van der Waals surface area contributed by atoms with Crippen LogP contribution in [0.2, 0.25) is 5.02 Å². The van der Waals surface area contributed by atoms with Gasteiger partial charge in [-0.05, 0) is 36.5 Å². The van der Waals surface area contributed by atoms with Gasteiger partial charge in [0, 0.05) is 24.5 Å². The molecule has 3 aromatic heterocycles. The first-order chi connectivity index (χ1) is 13.5. The molecule has 1 fully saturated rings. The number of hydrogen-bond donors (Lipinski definition) is 1. The lowest BCUT2D eigenvalue weighted by molar-refractivity contribution is -0.118. The highest BCUT2D eigenvalue weighted by molar-refractivity contribution is 6.31. The predicted molar refractivity (Wildman–Crippen MR) is 108 cm³/mol. The van der Waals surface area contributed by atoms with Crippen molar-refractivity contribution in [3.8, 4) is 5.88 Å². The summed E-state index contributed by atoms with van der Waals surface area (Å²) in [5, 5.41) is 8.71. The molecule has 0 saturated heterocycles. The molecule has 0 bridgehead atoms. The average molecular weight is 400 g/mol. The molecule has 146 valence electrons. The third kappa shape index (κ3) is 4.25. The van der Waals surface area contributed by atoms with E-state index in [-0.39, 0.29) is 11.8 Å². The Kier molecular flexibility index (Phi) is 5.17. The molecule has 3 heterocycles. The third-order valence-electron chi connectivity index (χ3n) is 4.61. The van der Waals surface area contributed by atoms with Crippen molar-refractivity contribution < 1.29 is 9.53 Å². The van der Waals surface area contributed by atoms with Crippen molar-refractivity contribution in [3.05, 3.63) is 41.3 Å². The van der Waals surface area contributed by atoms with Crippen LogP contribution in [0.15, 0.2) is 30.7 Å². The van der Waals surface area contributed by atoms with E-state index in [0.717, 1.165) is 16.5 Å². The second kappa shape index (κ2) is 7.75. The van der Waals surface area contributed by atoms with Crippen LogP contribution >= 0.6 is 11.6 Å². The molecular weight excluding hydrogens is 378 g/mol. The predicted octanol–water partition coefficient (Wildman–Crippen LogP) is 3.91. The van der Waals surface area contributed by atoms with E-state index in [2.05, 4.69) is 20.4 Å². The molecule has 1 N–H and O–H groups in total. The number of pyridine rings is 2. The number of anilines is 1. The highest BCUT2D eigenvalue weighted by Gasteiger charge is 2.22. The Labute approximate surface area is 168 Å². The van der Waals surface area contributed by atoms with E-state index in [1.807, 2.05) is 32.2 Å². The molecule has 1 aliphatic rings. The Morgan fingerprint density at radius 3 is 2.93 bits per heavy atom. The Hall–Kier alpha value is -2.67. The van der Waals surface area contributed by atoms with Gasteiger partial charge in [0.1, 0.15) is 10.8 Å². The Balaban J connectivity index is 1.51. The van der Waals surface area contributed by atoms with Crippen LogP contribution in [0, 0.1) is 11.8 Å². The third-order valence-corrected chi connectivity index (χ3v) is 4.88. The minimum Gasteiger partial charge on any atom is -0.476 e. The monoisotopic (exact) mass is 399 g/mol. The Morgan fingerprint density at radius 1 is 1.39 bits per heavy atom. The van der Waals surface area contributed by atoms with Crippen molar-refractivity contribution >= 4 is 34.2 Å². The van der Waals surface area contributed by atoms with Gasteiger partial charge in [-0.25, -0.2) is 9.97 Å². The first-order valence-electron chi connectivity index (χ1n) is 9.40. The molecule has 7 nitrogen and oxygen atoms in total. The van der Waals surface area contributed by atoms with E-state index < -0.39 is 0 Å². The van der Waals surface area contributed by atoms with Crippen LogP contribution in [-0.4, -0.2) is 32.3 Å². The maximum Gasteiger partial charge on any atom is 0.232 e.